The van der Waals surface area contributed by atoms with E-state index >= 15 is 0 Å². The van der Waals surface area contributed by atoms with E-state index in [0.717, 1.165) is 18.5 Å². The minimum atomic E-state index is 0.108. The predicted molar refractivity (Wildman–Crippen MR) is 93.3 cm³/mol. The van der Waals surface area contributed by atoms with Crippen molar-refractivity contribution in [2.45, 2.75) is 26.0 Å². The van der Waals surface area contributed by atoms with Gasteiger partial charge in [-0.05, 0) is 42.6 Å². The van der Waals surface area contributed by atoms with E-state index < -0.39 is 0 Å². The molecular formula is C19H26N2O. The second-order valence-corrected chi connectivity index (χ2v) is 5.85. The second kappa shape index (κ2) is 7.97. The summed E-state index contributed by atoms with van der Waals surface area (Å²) in [5.41, 5.74) is 4.83. The number of rotatable bonds is 7. The van der Waals surface area contributed by atoms with E-state index in [1.807, 2.05) is 12.1 Å². The molecule has 0 amide bonds. The number of benzene rings is 2. The molecule has 0 aromatic heterocycles. The maximum Gasteiger partial charge on any atom is 0.0681 e. The molecule has 0 fully saturated rings. The van der Waals surface area contributed by atoms with Crippen LogP contribution in [0.25, 0.3) is 0 Å². The van der Waals surface area contributed by atoms with Crippen LogP contribution in [-0.4, -0.2) is 25.7 Å². The van der Waals surface area contributed by atoms with Crippen LogP contribution < -0.4 is 10.2 Å². The minimum Gasteiger partial charge on any atom is -0.392 e. The molecule has 0 saturated carbocycles. The molecule has 2 aromatic rings. The third kappa shape index (κ3) is 4.33. The van der Waals surface area contributed by atoms with E-state index in [1.165, 1.54) is 16.8 Å². The summed E-state index contributed by atoms with van der Waals surface area (Å²) in [5.74, 6) is 0. The zero-order valence-corrected chi connectivity index (χ0v) is 13.7. The Morgan fingerprint density at radius 3 is 2.27 bits per heavy atom. The Kier molecular flexibility index (Phi) is 5.99. The molecule has 1 unspecified atom stereocenters. The second-order valence-electron chi connectivity index (χ2n) is 5.85. The first-order chi connectivity index (χ1) is 10.6. The molecule has 0 aliphatic carbocycles. The number of hydrogen-bond acceptors (Lipinski definition) is 3. The molecule has 3 heteroatoms. The first-order valence-corrected chi connectivity index (χ1v) is 7.80. The third-order valence-electron chi connectivity index (χ3n) is 3.95. The smallest absolute Gasteiger partial charge is 0.0681 e. The predicted octanol–water partition coefficient (Wildman–Crippen LogP) is 3.14. The lowest BCUT2D eigenvalue weighted by Gasteiger charge is -2.22. The number of para-hydroxylation sites is 1. The number of aliphatic hydroxyl groups excluding tert-OH is 1. The highest BCUT2D eigenvalue weighted by atomic mass is 16.3. The van der Waals surface area contributed by atoms with Crippen LogP contribution in [0.3, 0.4) is 0 Å². The SMILES string of the molecule is CC(NCCc1ccc(CO)cc1)c1ccccc1N(C)C. The molecule has 22 heavy (non-hydrogen) atoms. The van der Waals surface area contributed by atoms with E-state index in [1.54, 1.807) is 0 Å². The Hall–Kier alpha value is -1.84. The van der Waals surface area contributed by atoms with Gasteiger partial charge in [0, 0.05) is 25.8 Å². The van der Waals surface area contributed by atoms with Gasteiger partial charge >= 0.3 is 0 Å². The molecule has 118 valence electrons. The average molecular weight is 298 g/mol. The molecular weight excluding hydrogens is 272 g/mol. The zero-order valence-electron chi connectivity index (χ0n) is 13.7. The first kappa shape index (κ1) is 16.5. The molecule has 0 aliphatic heterocycles. The van der Waals surface area contributed by atoms with Crippen molar-refractivity contribution in [3.05, 3.63) is 65.2 Å². The van der Waals surface area contributed by atoms with Crippen molar-refractivity contribution in [3.8, 4) is 0 Å². The lowest BCUT2D eigenvalue weighted by molar-refractivity contribution is 0.282. The summed E-state index contributed by atoms with van der Waals surface area (Å²) in [6, 6.07) is 17.0. The average Bonchev–Trinajstić information content (AvgIpc) is 2.55. The lowest BCUT2D eigenvalue weighted by Crippen LogP contribution is -2.23. The summed E-state index contributed by atoms with van der Waals surface area (Å²) in [4.78, 5) is 2.15. The van der Waals surface area contributed by atoms with Gasteiger partial charge in [0.1, 0.15) is 0 Å². The Bertz CT molecular complexity index is 578. The molecule has 3 nitrogen and oxygen atoms in total. The number of nitrogens with zero attached hydrogens (tertiary/aromatic N) is 1. The molecule has 1 atom stereocenters. The maximum absolute atomic E-state index is 9.06. The van der Waals surface area contributed by atoms with Crippen molar-refractivity contribution in [2.75, 3.05) is 25.5 Å². The molecule has 2 rings (SSSR count). The summed E-state index contributed by atoms with van der Waals surface area (Å²) < 4.78 is 0. The van der Waals surface area contributed by atoms with Gasteiger partial charge in [-0.3, -0.25) is 0 Å². The molecule has 0 radical (unpaired) electrons. The molecule has 0 spiro atoms. The summed E-state index contributed by atoms with van der Waals surface area (Å²) in [7, 11) is 4.16. The van der Waals surface area contributed by atoms with E-state index in [0.29, 0.717) is 6.04 Å². The number of anilines is 1. The van der Waals surface area contributed by atoms with Crippen molar-refractivity contribution in [3.63, 3.8) is 0 Å². The van der Waals surface area contributed by atoms with Crippen molar-refractivity contribution in [1.29, 1.82) is 0 Å². The number of nitrogens with one attached hydrogen (secondary N) is 1. The molecule has 0 saturated heterocycles. The normalized spacial score (nSPS) is 12.2. The summed E-state index contributed by atoms with van der Waals surface area (Å²) in [5, 5.41) is 12.7. The van der Waals surface area contributed by atoms with Crippen LogP contribution in [0.1, 0.15) is 29.7 Å². The Balaban J connectivity index is 1.91. The molecule has 2 aromatic carbocycles. The van der Waals surface area contributed by atoms with Gasteiger partial charge in [-0.25, -0.2) is 0 Å². The minimum absolute atomic E-state index is 0.108. The third-order valence-corrected chi connectivity index (χ3v) is 3.95. The van der Waals surface area contributed by atoms with Crippen LogP contribution in [0, 0.1) is 0 Å². The zero-order chi connectivity index (χ0) is 15.9. The fraction of sp³-hybridized carbons (Fsp3) is 0.368. The van der Waals surface area contributed by atoms with E-state index in [4.69, 9.17) is 5.11 Å². The quantitative estimate of drug-likeness (QED) is 0.824. The summed E-state index contributed by atoms with van der Waals surface area (Å²) >= 11 is 0. The van der Waals surface area contributed by atoms with Crippen LogP contribution in [0.5, 0.6) is 0 Å². The highest BCUT2D eigenvalue weighted by Gasteiger charge is 2.10. The van der Waals surface area contributed by atoms with Crippen LogP contribution in [0.4, 0.5) is 5.69 Å². The van der Waals surface area contributed by atoms with Gasteiger partial charge < -0.3 is 15.3 Å². The maximum atomic E-state index is 9.06. The lowest BCUT2D eigenvalue weighted by atomic mass is 10.0. The van der Waals surface area contributed by atoms with Crippen molar-refractivity contribution in [2.24, 2.45) is 0 Å². The molecule has 2 N–H and O–H groups in total. The van der Waals surface area contributed by atoms with Gasteiger partial charge in [-0.2, -0.15) is 0 Å². The van der Waals surface area contributed by atoms with Gasteiger partial charge in [-0.15, -0.1) is 0 Å². The highest BCUT2D eigenvalue weighted by molar-refractivity contribution is 5.53. The fourth-order valence-corrected chi connectivity index (χ4v) is 2.62. The van der Waals surface area contributed by atoms with Crippen LogP contribution in [0.2, 0.25) is 0 Å². The van der Waals surface area contributed by atoms with Crippen LogP contribution >= 0.6 is 0 Å². The topological polar surface area (TPSA) is 35.5 Å². The van der Waals surface area contributed by atoms with Gasteiger partial charge in [0.05, 0.1) is 6.61 Å². The molecule has 0 bridgehead atoms. The monoisotopic (exact) mass is 298 g/mol. The van der Waals surface area contributed by atoms with E-state index in [2.05, 4.69) is 67.6 Å². The van der Waals surface area contributed by atoms with Crippen LogP contribution in [0.15, 0.2) is 48.5 Å². The molecule has 0 heterocycles. The van der Waals surface area contributed by atoms with Crippen molar-refractivity contribution in [1.82, 2.24) is 5.32 Å². The summed E-state index contributed by atoms with van der Waals surface area (Å²) in [6.07, 6.45) is 0.986. The van der Waals surface area contributed by atoms with Crippen LogP contribution in [-0.2, 0) is 13.0 Å². The van der Waals surface area contributed by atoms with Gasteiger partial charge in [0.25, 0.3) is 0 Å². The van der Waals surface area contributed by atoms with Crippen molar-refractivity contribution < 1.29 is 5.11 Å². The Morgan fingerprint density at radius 1 is 1.00 bits per heavy atom. The fourth-order valence-electron chi connectivity index (χ4n) is 2.62. The first-order valence-electron chi connectivity index (χ1n) is 7.80. The van der Waals surface area contributed by atoms with E-state index in [-0.39, 0.29) is 6.61 Å². The molecule has 0 aliphatic rings. The Morgan fingerprint density at radius 2 is 1.64 bits per heavy atom. The number of aliphatic hydroxyl groups is 1. The summed E-state index contributed by atoms with van der Waals surface area (Å²) in [6.45, 7) is 3.25. The number of hydrogen-bond donors (Lipinski definition) is 2. The van der Waals surface area contributed by atoms with Crippen molar-refractivity contribution >= 4 is 5.69 Å². The highest BCUT2D eigenvalue weighted by Crippen LogP contribution is 2.24. The van der Waals surface area contributed by atoms with Gasteiger partial charge in [-0.1, -0.05) is 42.5 Å². The largest absolute Gasteiger partial charge is 0.392 e. The van der Waals surface area contributed by atoms with E-state index in [9.17, 15) is 0 Å². The Labute approximate surface area is 133 Å². The van der Waals surface area contributed by atoms with Gasteiger partial charge in [0.2, 0.25) is 0 Å². The van der Waals surface area contributed by atoms with Gasteiger partial charge in [0.15, 0.2) is 0 Å². The standard InChI is InChI=1S/C19H26N2O/c1-15(18-6-4-5-7-19(18)21(2)3)20-13-12-16-8-10-17(14-22)11-9-16/h4-11,15,20,22H,12-14H2,1-3H3.